The van der Waals surface area contributed by atoms with Crippen molar-refractivity contribution in [3.05, 3.63) is 48.3 Å². The standard InChI is InChI=1S/C16H15N5O5S/c1-10-9-14(25-2)19-15(18-10)20-16(22)21-27(23,24)13-6-4-3-5-11(13)12-7-8-17-26-12/h3-9H,1-2H3,(H2,18,19,20,21,22). The number of hydrogen-bond acceptors (Lipinski definition) is 8. The maximum Gasteiger partial charge on any atom is 0.335 e. The Labute approximate surface area is 154 Å². The molecule has 0 saturated carbocycles. The van der Waals surface area contributed by atoms with Crippen LogP contribution in [0.4, 0.5) is 10.7 Å². The summed E-state index contributed by atoms with van der Waals surface area (Å²) in [7, 11) is -2.79. The second kappa shape index (κ2) is 7.41. The zero-order valence-corrected chi connectivity index (χ0v) is 15.1. The second-order valence-electron chi connectivity index (χ2n) is 5.31. The number of nitrogens with one attached hydrogen (secondary N) is 2. The van der Waals surface area contributed by atoms with Gasteiger partial charge in [0.1, 0.15) is 0 Å². The van der Waals surface area contributed by atoms with Crippen molar-refractivity contribution in [3.63, 3.8) is 0 Å². The topological polar surface area (TPSA) is 136 Å². The van der Waals surface area contributed by atoms with E-state index in [1.165, 1.54) is 31.5 Å². The van der Waals surface area contributed by atoms with Gasteiger partial charge in [-0.1, -0.05) is 17.3 Å². The number of rotatable bonds is 5. The SMILES string of the molecule is COc1cc(C)nc(NC(=O)NS(=O)(=O)c2ccccc2-c2ccno2)n1. The minimum atomic E-state index is -4.20. The highest BCUT2D eigenvalue weighted by molar-refractivity contribution is 7.90. The maximum absolute atomic E-state index is 12.6. The summed E-state index contributed by atoms with van der Waals surface area (Å²) in [5.41, 5.74) is 0.805. The van der Waals surface area contributed by atoms with Crippen LogP contribution in [0.2, 0.25) is 0 Å². The molecule has 0 saturated heterocycles. The van der Waals surface area contributed by atoms with E-state index in [1.54, 1.807) is 25.1 Å². The van der Waals surface area contributed by atoms with Crippen LogP contribution < -0.4 is 14.8 Å². The number of amides is 2. The van der Waals surface area contributed by atoms with Crippen LogP contribution in [-0.2, 0) is 10.0 Å². The lowest BCUT2D eigenvalue weighted by atomic mass is 10.2. The fourth-order valence-electron chi connectivity index (χ4n) is 2.26. The molecule has 0 unspecified atom stereocenters. The molecule has 0 bridgehead atoms. The van der Waals surface area contributed by atoms with E-state index in [2.05, 4.69) is 20.4 Å². The van der Waals surface area contributed by atoms with Gasteiger partial charge in [-0.3, -0.25) is 5.32 Å². The second-order valence-corrected chi connectivity index (χ2v) is 6.96. The van der Waals surface area contributed by atoms with Crippen LogP contribution in [0.15, 0.2) is 52.0 Å². The van der Waals surface area contributed by atoms with Crippen molar-refractivity contribution in [1.82, 2.24) is 19.8 Å². The van der Waals surface area contributed by atoms with Crippen molar-refractivity contribution < 1.29 is 22.5 Å². The molecule has 0 atom stereocenters. The fourth-order valence-corrected chi connectivity index (χ4v) is 3.38. The number of sulfonamides is 1. The Morgan fingerprint density at radius 2 is 1.96 bits per heavy atom. The lowest BCUT2D eigenvalue weighted by Crippen LogP contribution is -2.35. The summed E-state index contributed by atoms with van der Waals surface area (Å²) in [6.07, 6.45) is 1.39. The van der Waals surface area contributed by atoms with Crippen LogP contribution in [0.25, 0.3) is 11.3 Å². The number of anilines is 1. The van der Waals surface area contributed by atoms with Crippen molar-refractivity contribution in [1.29, 1.82) is 0 Å². The largest absolute Gasteiger partial charge is 0.481 e. The van der Waals surface area contributed by atoms with Gasteiger partial charge in [-0.05, 0) is 19.1 Å². The van der Waals surface area contributed by atoms with Crippen LogP contribution in [0, 0.1) is 6.92 Å². The third-order valence-electron chi connectivity index (χ3n) is 3.37. The Morgan fingerprint density at radius 3 is 2.67 bits per heavy atom. The van der Waals surface area contributed by atoms with Gasteiger partial charge < -0.3 is 9.26 Å². The molecular formula is C16H15N5O5S. The monoisotopic (exact) mass is 389 g/mol. The van der Waals surface area contributed by atoms with E-state index in [9.17, 15) is 13.2 Å². The molecule has 3 rings (SSSR count). The minimum absolute atomic E-state index is 0.0944. The van der Waals surface area contributed by atoms with Gasteiger partial charge in [0.25, 0.3) is 10.0 Å². The van der Waals surface area contributed by atoms with Gasteiger partial charge in [0.15, 0.2) is 5.76 Å². The number of urea groups is 1. The number of ether oxygens (including phenoxy) is 1. The molecule has 1 aromatic carbocycles. The highest BCUT2D eigenvalue weighted by Crippen LogP contribution is 2.26. The summed E-state index contributed by atoms with van der Waals surface area (Å²) in [6, 6.07) is 8.12. The summed E-state index contributed by atoms with van der Waals surface area (Å²) < 4.78 is 37.2. The van der Waals surface area contributed by atoms with Crippen LogP contribution >= 0.6 is 0 Å². The maximum atomic E-state index is 12.6. The fraction of sp³-hybridized carbons (Fsp3) is 0.125. The molecule has 0 fully saturated rings. The minimum Gasteiger partial charge on any atom is -0.481 e. The molecule has 2 N–H and O–H groups in total. The number of carbonyl (C=O) groups is 1. The Morgan fingerprint density at radius 1 is 1.19 bits per heavy atom. The Balaban J connectivity index is 1.83. The summed E-state index contributed by atoms with van der Waals surface area (Å²) in [4.78, 5) is 19.9. The van der Waals surface area contributed by atoms with Crippen LogP contribution in [-0.4, -0.2) is 36.7 Å². The van der Waals surface area contributed by atoms with Gasteiger partial charge in [0, 0.05) is 23.4 Å². The molecule has 2 heterocycles. The first kappa shape index (κ1) is 18.3. The smallest absolute Gasteiger partial charge is 0.335 e. The molecule has 0 aliphatic carbocycles. The average molecular weight is 389 g/mol. The summed E-state index contributed by atoms with van der Waals surface area (Å²) in [6.45, 7) is 1.68. The molecule has 0 spiro atoms. The molecule has 140 valence electrons. The van der Waals surface area contributed by atoms with E-state index < -0.39 is 16.1 Å². The molecule has 27 heavy (non-hydrogen) atoms. The normalized spacial score (nSPS) is 11.0. The Kier molecular flexibility index (Phi) is 5.03. The van der Waals surface area contributed by atoms with Gasteiger partial charge in [0.2, 0.25) is 11.8 Å². The van der Waals surface area contributed by atoms with Crippen molar-refractivity contribution in [2.75, 3.05) is 12.4 Å². The molecule has 3 aromatic rings. The van der Waals surface area contributed by atoms with Crippen LogP contribution in [0.5, 0.6) is 5.88 Å². The number of aryl methyl sites for hydroxylation is 1. The molecule has 10 nitrogen and oxygen atoms in total. The van der Waals surface area contributed by atoms with Crippen LogP contribution in [0.1, 0.15) is 5.69 Å². The lowest BCUT2D eigenvalue weighted by Gasteiger charge is -2.11. The van der Waals surface area contributed by atoms with Crippen molar-refractivity contribution in [2.24, 2.45) is 0 Å². The van der Waals surface area contributed by atoms with E-state index in [0.29, 0.717) is 5.69 Å². The predicted molar refractivity (Wildman–Crippen MR) is 94.6 cm³/mol. The van der Waals surface area contributed by atoms with Gasteiger partial charge >= 0.3 is 6.03 Å². The van der Waals surface area contributed by atoms with E-state index in [4.69, 9.17) is 9.26 Å². The molecule has 0 radical (unpaired) electrons. The Bertz CT molecular complexity index is 1070. The number of hydrogen-bond donors (Lipinski definition) is 2. The first-order valence-corrected chi connectivity index (χ1v) is 9.11. The van der Waals surface area contributed by atoms with Gasteiger partial charge in [0.05, 0.1) is 18.2 Å². The first-order chi connectivity index (χ1) is 12.9. The molecule has 11 heteroatoms. The highest BCUT2D eigenvalue weighted by atomic mass is 32.2. The van der Waals surface area contributed by atoms with Crippen LogP contribution in [0.3, 0.4) is 0 Å². The zero-order chi connectivity index (χ0) is 19.4. The lowest BCUT2D eigenvalue weighted by molar-refractivity contribution is 0.256. The number of aromatic nitrogens is 3. The van der Waals surface area contributed by atoms with E-state index >= 15 is 0 Å². The predicted octanol–water partition coefficient (Wildman–Crippen LogP) is 1.96. The molecule has 2 aromatic heterocycles. The number of methoxy groups -OCH3 is 1. The van der Waals surface area contributed by atoms with Crippen molar-refractivity contribution in [3.8, 4) is 17.2 Å². The summed E-state index contributed by atoms with van der Waals surface area (Å²) in [5, 5.41) is 5.84. The third kappa shape index (κ3) is 4.20. The molecule has 0 aliphatic rings. The van der Waals surface area contributed by atoms with E-state index in [0.717, 1.165) is 0 Å². The molecule has 2 amide bonds. The zero-order valence-electron chi connectivity index (χ0n) is 14.3. The first-order valence-electron chi connectivity index (χ1n) is 7.62. The number of benzene rings is 1. The quantitative estimate of drug-likeness (QED) is 0.676. The third-order valence-corrected chi connectivity index (χ3v) is 4.76. The van der Waals surface area contributed by atoms with Gasteiger partial charge in [-0.2, -0.15) is 4.98 Å². The van der Waals surface area contributed by atoms with E-state index in [1.807, 2.05) is 4.72 Å². The van der Waals surface area contributed by atoms with Gasteiger partial charge in [-0.15, -0.1) is 0 Å². The summed E-state index contributed by atoms with van der Waals surface area (Å²) >= 11 is 0. The summed E-state index contributed by atoms with van der Waals surface area (Å²) in [5.74, 6) is 0.391. The van der Waals surface area contributed by atoms with Crippen molar-refractivity contribution in [2.45, 2.75) is 11.8 Å². The highest BCUT2D eigenvalue weighted by Gasteiger charge is 2.23. The molecular weight excluding hydrogens is 374 g/mol. The average Bonchev–Trinajstić information content (AvgIpc) is 3.15. The van der Waals surface area contributed by atoms with E-state index in [-0.39, 0.29) is 28.0 Å². The Hall–Kier alpha value is -3.47. The molecule has 0 aliphatic heterocycles. The van der Waals surface area contributed by atoms with Gasteiger partial charge in [-0.25, -0.2) is 22.9 Å². The number of nitrogens with zero attached hydrogens (tertiary/aromatic N) is 3. The number of carbonyl (C=O) groups excluding carboxylic acids is 1. The van der Waals surface area contributed by atoms with Crippen molar-refractivity contribution >= 4 is 22.0 Å².